The van der Waals surface area contributed by atoms with Crippen LogP contribution in [0.3, 0.4) is 0 Å². The molecule has 5 rings (SSSR count). The topological polar surface area (TPSA) is 15.7 Å². The van der Waals surface area contributed by atoms with Crippen molar-refractivity contribution in [2.45, 2.75) is 24.7 Å². The van der Waals surface area contributed by atoms with Crippen LogP contribution < -0.4 is 4.90 Å². The number of rotatable bonds is 4. The van der Waals surface area contributed by atoms with Gasteiger partial charge in [-0.05, 0) is 48.8 Å². The number of ether oxygens (including phenoxy) is 1. The molecule has 0 N–H and O–H groups in total. The maximum Gasteiger partial charge on any atom is 0.0642 e. The Morgan fingerprint density at radius 3 is 2.59 bits per heavy atom. The van der Waals surface area contributed by atoms with Gasteiger partial charge in [-0.1, -0.05) is 12.1 Å². The molecule has 2 aliphatic heterocycles. The summed E-state index contributed by atoms with van der Waals surface area (Å²) in [6, 6.07) is 9.50. The Morgan fingerprint density at radius 2 is 1.86 bits per heavy atom. The summed E-state index contributed by atoms with van der Waals surface area (Å²) in [5.74, 6) is 1.96. The Labute approximate surface area is 133 Å². The van der Waals surface area contributed by atoms with Crippen LogP contribution in [0.2, 0.25) is 0 Å². The summed E-state index contributed by atoms with van der Waals surface area (Å²) in [4.78, 5) is 5.19. The van der Waals surface area contributed by atoms with Gasteiger partial charge in [-0.25, -0.2) is 0 Å². The highest BCUT2D eigenvalue weighted by Crippen LogP contribution is 2.59. The van der Waals surface area contributed by atoms with Crippen LogP contribution in [0.25, 0.3) is 0 Å². The fraction of sp³-hybridized carbons (Fsp3) is 0.684. The zero-order valence-corrected chi connectivity index (χ0v) is 13.3. The fourth-order valence-corrected chi connectivity index (χ4v) is 4.66. The van der Waals surface area contributed by atoms with Crippen LogP contribution in [0, 0.1) is 11.8 Å². The van der Waals surface area contributed by atoms with Crippen molar-refractivity contribution in [3.63, 3.8) is 0 Å². The van der Waals surface area contributed by atoms with Crippen LogP contribution in [-0.2, 0) is 10.2 Å². The first-order valence-corrected chi connectivity index (χ1v) is 8.99. The molecule has 3 heteroatoms. The first-order valence-electron chi connectivity index (χ1n) is 8.99. The lowest BCUT2D eigenvalue weighted by atomic mass is 9.94. The number of hydrogen-bond donors (Lipinski definition) is 0. The Bertz CT molecular complexity index is 547. The number of nitrogens with zero attached hydrogens (tertiary/aromatic N) is 2. The second kappa shape index (κ2) is 4.97. The minimum absolute atomic E-state index is 0.512. The molecule has 1 aromatic carbocycles. The van der Waals surface area contributed by atoms with Gasteiger partial charge in [0.2, 0.25) is 0 Å². The van der Waals surface area contributed by atoms with Crippen LogP contribution in [0.15, 0.2) is 24.3 Å². The SMILES string of the molecule is c1cc(C23CC2CN(CC2CC2)C3)ccc1N1CCOCC1. The third kappa shape index (κ3) is 2.26. The fourth-order valence-electron chi connectivity index (χ4n) is 4.66. The Balaban J connectivity index is 1.29. The quantitative estimate of drug-likeness (QED) is 0.849. The molecule has 0 spiro atoms. The predicted octanol–water partition coefficient (Wildman–Crippen LogP) is 2.51. The lowest BCUT2D eigenvalue weighted by molar-refractivity contribution is 0.122. The summed E-state index contributed by atoms with van der Waals surface area (Å²) < 4.78 is 5.45. The second-order valence-electron chi connectivity index (χ2n) is 7.84. The Hall–Kier alpha value is -1.06. The first-order chi connectivity index (χ1) is 10.8. The molecule has 4 aliphatic rings. The molecular weight excluding hydrogens is 272 g/mol. The van der Waals surface area contributed by atoms with E-state index in [-0.39, 0.29) is 0 Å². The van der Waals surface area contributed by atoms with E-state index < -0.39 is 0 Å². The Kier molecular flexibility index (Phi) is 3.02. The van der Waals surface area contributed by atoms with Crippen molar-refractivity contribution >= 4 is 5.69 Å². The lowest BCUT2D eigenvalue weighted by Crippen LogP contribution is -2.36. The average molecular weight is 298 g/mol. The van der Waals surface area contributed by atoms with Crippen molar-refractivity contribution in [3.05, 3.63) is 29.8 Å². The van der Waals surface area contributed by atoms with Crippen molar-refractivity contribution < 1.29 is 4.74 Å². The van der Waals surface area contributed by atoms with Crippen LogP contribution in [0.4, 0.5) is 5.69 Å². The first kappa shape index (κ1) is 13.4. The molecule has 0 aromatic heterocycles. The van der Waals surface area contributed by atoms with E-state index in [1.807, 2.05) is 0 Å². The van der Waals surface area contributed by atoms with E-state index in [0.717, 1.165) is 38.1 Å². The highest BCUT2D eigenvalue weighted by Gasteiger charge is 2.60. The maximum atomic E-state index is 5.45. The number of morpholine rings is 1. The van der Waals surface area contributed by atoms with Gasteiger partial charge in [-0.2, -0.15) is 0 Å². The summed E-state index contributed by atoms with van der Waals surface area (Å²) >= 11 is 0. The molecule has 3 nitrogen and oxygen atoms in total. The minimum Gasteiger partial charge on any atom is -0.378 e. The zero-order valence-electron chi connectivity index (χ0n) is 13.3. The van der Waals surface area contributed by atoms with Crippen LogP contribution in [0.1, 0.15) is 24.8 Å². The number of fused-ring (bicyclic) bond motifs is 1. The van der Waals surface area contributed by atoms with Gasteiger partial charge >= 0.3 is 0 Å². The number of likely N-dealkylation sites (tertiary alicyclic amines) is 1. The van der Waals surface area contributed by atoms with Crippen molar-refractivity contribution in [1.82, 2.24) is 4.90 Å². The smallest absolute Gasteiger partial charge is 0.0642 e. The van der Waals surface area contributed by atoms with Crippen LogP contribution in [-0.4, -0.2) is 50.8 Å². The van der Waals surface area contributed by atoms with Gasteiger partial charge in [0.05, 0.1) is 13.2 Å². The maximum absolute atomic E-state index is 5.45. The normalized spacial score (nSPS) is 34.7. The second-order valence-corrected chi connectivity index (χ2v) is 7.84. The molecule has 0 amide bonds. The third-order valence-electron chi connectivity index (χ3n) is 6.25. The van der Waals surface area contributed by atoms with E-state index in [0.29, 0.717) is 5.41 Å². The van der Waals surface area contributed by atoms with Crippen molar-refractivity contribution in [3.8, 4) is 0 Å². The molecule has 2 aliphatic carbocycles. The van der Waals surface area contributed by atoms with Gasteiger partial charge in [0.1, 0.15) is 0 Å². The molecule has 22 heavy (non-hydrogen) atoms. The third-order valence-corrected chi connectivity index (χ3v) is 6.25. The Morgan fingerprint density at radius 1 is 1.09 bits per heavy atom. The van der Waals surface area contributed by atoms with Crippen LogP contribution >= 0.6 is 0 Å². The molecule has 2 saturated heterocycles. The summed E-state index contributed by atoms with van der Waals surface area (Å²) in [7, 11) is 0. The highest BCUT2D eigenvalue weighted by molar-refractivity contribution is 5.51. The molecule has 1 aromatic rings. The monoisotopic (exact) mass is 298 g/mol. The zero-order chi connectivity index (χ0) is 14.6. The van der Waals surface area contributed by atoms with Gasteiger partial charge in [0, 0.05) is 43.8 Å². The highest BCUT2D eigenvalue weighted by atomic mass is 16.5. The standard InChI is InChI=1S/C19H26N2O/c1-2-15(1)12-20-13-17-11-19(17,14-20)16-3-5-18(6-4-16)21-7-9-22-10-8-21/h3-6,15,17H,1-2,7-14H2. The molecule has 0 bridgehead atoms. The van der Waals surface area contributed by atoms with E-state index >= 15 is 0 Å². The van der Waals surface area contributed by atoms with Gasteiger partial charge in [0.15, 0.2) is 0 Å². The van der Waals surface area contributed by atoms with Gasteiger partial charge in [-0.3, -0.25) is 0 Å². The number of hydrogen-bond acceptors (Lipinski definition) is 3. The predicted molar refractivity (Wildman–Crippen MR) is 88.4 cm³/mol. The lowest BCUT2D eigenvalue weighted by Gasteiger charge is -2.29. The largest absolute Gasteiger partial charge is 0.378 e. The van der Waals surface area contributed by atoms with E-state index in [2.05, 4.69) is 34.1 Å². The molecule has 4 fully saturated rings. The van der Waals surface area contributed by atoms with Crippen LogP contribution in [0.5, 0.6) is 0 Å². The van der Waals surface area contributed by atoms with E-state index in [9.17, 15) is 0 Å². The molecule has 118 valence electrons. The van der Waals surface area contributed by atoms with E-state index in [1.54, 1.807) is 5.56 Å². The van der Waals surface area contributed by atoms with E-state index in [1.165, 1.54) is 44.6 Å². The molecule has 2 atom stereocenters. The molecule has 2 saturated carbocycles. The average Bonchev–Trinajstić information content (AvgIpc) is 3.48. The number of piperidine rings is 1. The summed E-state index contributed by atoms with van der Waals surface area (Å²) in [6.07, 6.45) is 4.37. The van der Waals surface area contributed by atoms with Crippen molar-refractivity contribution in [2.75, 3.05) is 50.8 Å². The van der Waals surface area contributed by atoms with Crippen molar-refractivity contribution in [1.29, 1.82) is 0 Å². The van der Waals surface area contributed by atoms with Gasteiger partial charge in [0.25, 0.3) is 0 Å². The van der Waals surface area contributed by atoms with E-state index in [4.69, 9.17) is 4.74 Å². The molecule has 0 radical (unpaired) electrons. The summed E-state index contributed by atoms with van der Waals surface area (Å²) in [5.41, 5.74) is 3.47. The van der Waals surface area contributed by atoms with Gasteiger partial charge < -0.3 is 14.5 Å². The van der Waals surface area contributed by atoms with Gasteiger partial charge in [-0.15, -0.1) is 0 Å². The summed E-state index contributed by atoms with van der Waals surface area (Å²) in [6.45, 7) is 7.81. The molecule has 2 unspecified atom stereocenters. The summed E-state index contributed by atoms with van der Waals surface area (Å²) in [5, 5.41) is 0. The molecular formula is C19H26N2O. The number of benzene rings is 1. The number of anilines is 1. The minimum atomic E-state index is 0.512. The van der Waals surface area contributed by atoms with Crippen molar-refractivity contribution in [2.24, 2.45) is 11.8 Å². The molecule has 2 heterocycles.